The molecule has 0 aliphatic carbocycles. The van der Waals surface area contributed by atoms with Gasteiger partial charge in [-0.1, -0.05) is 13.8 Å². The highest BCUT2D eigenvalue weighted by Gasteiger charge is 2.21. The van der Waals surface area contributed by atoms with Gasteiger partial charge in [-0.25, -0.2) is 15.8 Å². The molecule has 0 bridgehead atoms. The van der Waals surface area contributed by atoms with Crippen LogP contribution in [0.15, 0.2) is 6.07 Å². The van der Waals surface area contributed by atoms with Gasteiger partial charge in [0.25, 0.3) is 0 Å². The average Bonchev–Trinajstić information content (AvgIpc) is 2.81. The zero-order chi connectivity index (χ0) is 11.5. The third-order valence-electron chi connectivity index (χ3n) is 2.80. The largest absolute Gasteiger partial charge is 0.381 e. The minimum atomic E-state index is 0.311. The molecule has 1 aliphatic rings. The maximum Gasteiger partial charge on any atom is 0.143 e. The van der Waals surface area contributed by atoms with Gasteiger partial charge in [0.2, 0.25) is 0 Å². The van der Waals surface area contributed by atoms with Gasteiger partial charge in [0.05, 0.1) is 6.61 Å². The van der Waals surface area contributed by atoms with Crippen LogP contribution in [0.5, 0.6) is 0 Å². The topological polar surface area (TPSA) is 73.1 Å². The molecule has 1 aromatic rings. The molecule has 3 N–H and O–H groups in total. The quantitative estimate of drug-likeness (QED) is 0.597. The van der Waals surface area contributed by atoms with Gasteiger partial charge < -0.3 is 10.2 Å². The van der Waals surface area contributed by atoms with Gasteiger partial charge in [-0.05, 0) is 12.3 Å². The standard InChI is InChI=1S/C11H18N4O/c1-7(2)9-5-10(15-12)14-11(13-9)8-3-4-16-6-8/h5,7-8H,3-4,6,12H2,1-2H3,(H,13,14,15). The van der Waals surface area contributed by atoms with Crippen molar-refractivity contribution in [1.29, 1.82) is 0 Å². The fourth-order valence-electron chi connectivity index (χ4n) is 1.78. The average molecular weight is 222 g/mol. The summed E-state index contributed by atoms with van der Waals surface area (Å²) < 4.78 is 5.35. The number of hydrazine groups is 1. The summed E-state index contributed by atoms with van der Waals surface area (Å²) in [7, 11) is 0. The van der Waals surface area contributed by atoms with Crippen molar-refractivity contribution < 1.29 is 4.74 Å². The van der Waals surface area contributed by atoms with Crippen molar-refractivity contribution >= 4 is 5.82 Å². The zero-order valence-electron chi connectivity index (χ0n) is 9.73. The Labute approximate surface area is 95.4 Å². The monoisotopic (exact) mass is 222 g/mol. The van der Waals surface area contributed by atoms with E-state index in [2.05, 4.69) is 29.2 Å². The summed E-state index contributed by atoms with van der Waals surface area (Å²) in [4.78, 5) is 8.97. The highest BCUT2D eigenvalue weighted by Crippen LogP contribution is 2.25. The second kappa shape index (κ2) is 4.76. The number of nitrogens with zero attached hydrogens (tertiary/aromatic N) is 2. The van der Waals surface area contributed by atoms with Crippen LogP contribution in [0, 0.1) is 0 Å². The lowest BCUT2D eigenvalue weighted by Crippen LogP contribution is -2.14. The highest BCUT2D eigenvalue weighted by atomic mass is 16.5. The molecule has 1 aliphatic heterocycles. The molecule has 0 amide bonds. The number of hydrogen-bond acceptors (Lipinski definition) is 5. The van der Waals surface area contributed by atoms with E-state index in [1.165, 1.54) is 0 Å². The Bertz CT molecular complexity index is 361. The maximum atomic E-state index is 5.41. The van der Waals surface area contributed by atoms with Crippen LogP contribution in [0.25, 0.3) is 0 Å². The van der Waals surface area contributed by atoms with Crippen molar-refractivity contribution in [2.24, 2.45) is 5.84 Å². The van der Waals surface area contributed by atoms with E-state index in [0.29, 0.717) is 24.3 Å². The molecule has 1 aromatic heterocycles. The van der Waals surface area contributed by atoms with E-state index in [9.17, 15) is 0 Å². The molecule has 16 heavy (non-hydrogen) atoms. The van der Waals surface area contributed by atoms with Crippen molar-refractivity contribution in [3.63, 3.8) is 0 Å². The SMILES string of the molecule is CC(C)c1cc(NN)nc(C2CCOC2)n1. The minimum absolute atomic E-state index is 0.311. The number of nitrogen functional groups attached to an aromatic ring is 1. The van der Waals surface area contributed by atoms with Gasteiger partial charge in [0.1, 0.15) is 11.6 Å². The molecule has 5 nitrogen and oxygen atoms in total. The molecule has 1 atom stereocenters. The predicted molar refractivity (Wildman–Crippen MR) is 62.1 cm³/mol. The molecule has 2 rings (SSSR count). The molecule has 1 fully saturated rings. The van der Waals surface area contributed by atoms with Gasteiger partial charge in [-0.2, -0.15) is 0 Å². The first kappa shape index (κ1) is 11.3. The van der Waals surface area contributed by atoms with E-state index in [4.69, 9.17) is 10.6 Å². The van der Waals surface area contributed by atoms with Gasteiger partial charge in [0, 0.05) is 24.3 Å². The summed E-state index contributed by atoms with van der Waals surface area (Å²) in [6.45, 7) is 5.73. The van der Waals surface area contributed by atoms with E-state index in [-0.39, 0.29) is 0 Å². The number of nitrogens with one attached hydrogen (secondary N) is 1. The molecule has 1 unspecified atom stereocenters. The molecule has 0 aromatic carbocycles. The Morgan fingerprint density at radius 1 is 1.50 bits per heavy atom. The van der Waals surface area contributed by atoms with E-state index in [0.717, 1.165) is 24.5 Å². The number of ether oxygens (including phenoxy) is 1. The molecule has 1 saturated heterocycles. The van der Waals surface area contributed by atoms with Gasteiger partial charge >= 0.3 is 0 Å². The van der Waals surface area contributed by atoms with Crippen LogP contribution in [0.4, 0.5) is 5.82 Å². The lowest BCUT2D eigenvalue weighted by atomic mass is 10.1. The lowest BCUT2D eigenvalue weighted by molar-refractivity contribution is 0.193. The van der Waals surface area contributed by atoms with Crippen molar-refractivity contribution in [3.05, 3.63) is 17.6 Å². The third kappa shape index (κ3) is 2.31. The summed E-state index contributed by atoms with van der Waals surface area (Å²) in [6.07, 6.45) is 0.992. The molecule has 88 valence electrons. The van der Waals surface area contributed by atoms with Crippen LogP contribution in [0.3, 0.4) is 0 Å². The van der Waals surface area contributed by atoms with Crippen molar-refractivity contribution in [2.75, 3.05) is 18.6 Å². The second-order valence-electron chi connectivity index (χ2n) is 4.40. The first-order valence-corrected chi connectivity index (χ1v) is 5.64. The summed E-state index contributed by atoms with van der Waals surface area (Å²) in [5.41, 5.74) is 3.61. The van der Waals surface area contributed by atoms with Crippen LogP contribution in [0.2, 0.25) is 0 Å². The summed E-state index contributed by atoms with van der Waals surface area (Å²) in [6, 6.07) is 1.89. The molecule has 0 radical (unpaired) electrons. The fourth-order valence-corrected chi connectivity index (χ4v) is 1.78. The van der Waals surface area contributed by atoms with E-state index in [1.807, 2.05) is 6.07 Å². The molecule has 2 heterocycles. The van der Waals surface area contributed by atoms with Crippen LogP contribution in [-0.2, 0) is 4.74 Å². The molecular weight excluding hydrogens is 204 g/mol. The Morgan fingerprint density at radius 3 is 2.88 bits per heavy atom. The second-order valence-corrected chi connectivity index (χ2v) is 4.40. The summed E-state index contributed by atoms with van der Waals surface area (Å²) in [5, 5.41) is 0. The van der Waals surface area contributed by atoms with Crippen molar-refractivity contribution in [3.8, 4) is 0 Å². The Morgan fingerprint density at radius 2 is 2.31 bits per heavy atom. The number of aromatic nitrogens is 2. The van der Waals surface area contributed by atoms with E-state index >= 15 is 0 Å². The minimum Gasteiger partial charge on any atom is -0.381 e. The van der Waals surface area contributed by atoms with E-state index in [1.54, 1.807) is 0 Å². The van der Waals surface area contributed by atoms with Crippen LogP contribution in [0.1, 0.15) is 43.6 Å². The predicted octanol–water partition coefficient (Wildman–Crippen LogP) is 1.39. The third-order valence-corrected chi connectivity index (χ3v) is 2.80. The molecule has 0 spiro atoms. The van der Waals surface area contributed by atoms with Crippen molar-refractivity contribution in [2.45, 2.75) is 32.1 Å². The first-order chi connectivity index (χ1) is 7.70. The van der Waals surface area contributed by atoms with Crippen molar-refractivity contribution in [1.82, 2.24) is 9.97 Å². The number of nitrogens with two attached hydrogens (primary N) is 1. The molecular formula is C11H18N4O. The number of rotatable bonds is 3. The summed E-state index contributed by atoms with van der Waals surface area (Å²) in [5.74, 6) is 7.62. The smallest absolute Gasteiger partial charge is 0.143 e. The highest BCUT2D eigenvalue weighted by molar-refractivity contribution is 5.36. The summed E-state index contributed by atoms with van der Waals surface area (Å²) >= 11 is 0. The normalized spacial score (nSPS) is 20.4. The van der Waals surface area contributed by atoms with Gasteiger partial charge in [-0.15, -0.1) is 0 Å². The van der Waals surface area contributed by atoms with E-state index < -0.39 is 0 Å². The van der Waals surface area contributed by atoms with Crippen LogP contribution in [-0.4, -0.2) is 23.2 Å². The maximum absolute atomic E-state index is 5.41. The number of hydrogen-bond donors (Lipinski definition) is 2. The first-order valence-electron chi connectivity index (χ1n) is 5.64. The molecule has 5 heteroatoms. The van der Waals surface area contributed by atoms with Crippen LogP contribution >= 0.6 is 0 Å². The van der Waals surface area contributed by atoms with Gasteiger partial charge in [-0.3, -0.25) is 0 Å². The Balaban J connectivity index is 2.32. The lowest BCUT2D eigenvalue weighted by Gasteiger charge is -2.12. The Kier molecular flexibility index (Phi) is 3.36. The fraction of sp³-hybridized carbons (Fsp3) is 0.636. The molecule has 0 saturated carbocycles. The zero-order valence-corrected chi connectivity index (χ0v) is 9.73. The van der Waals surface area contributed by atoms with Crippen LogP contribution < -0.4 is 11.3 Å². The Hall–Kier alpha value is -1.20. The number of anilines is 1. The van der Waals surface area contributed by atoms with Gasteiger partial charge in [0.15, 0.2) is 0 Å².